The first-order valence-electron chi connectivity index (χ1n) is 10.0. The SMILES string of the molecule is COc1cc(O)cc2oc(-c3cc(O)c(O)c(O)c3)c(O[C@@H]3OC(C)[C@H](O)C(O)[C@@H]3O)c(=O)c12. The minimum Gasteiger partial charge on any atom is -0.508 e. The zero-order valence-electron chi connectivity index (χ0n) is 17.9. The molecule has 5 atom stereocenters. The lowest BCUT2D eigenvalue weighted by atomic mass is 10.00. The molecule has 3 aromatic rings. The second kappa shape index (κ2) is 8.57. The molecule has 1 aromatic heterocycles. The largest absolute Gasteiger partial charge is 0.508 e. The van der Waals surface area contributed by atoms with Crippen molar-refractivity contribution in [3.8, 4) is 45.8 Å². The maximum atomic E-state index is 13.5. The molecule has 4 rings (SSSR count). The first-order chi connectivity index (χ1) is 16.0. The molecule has 0 bridgehead atoms. The molecule has 1 saturated heterocycles. The van der Waals surface area contributed by atoms with Crippen molar-refractivity contribution in [2.75, 3.05) is 7.11 Å². The van der Waals surface area contributed by atoms with Crippen LogP contribution < -0.4 is 14.9 Å². The van der Waals surface area contributed by atoms with Crippen LogP contribution in [0.25, 0.3) is 22.3 Å². The molecule has 12 heteroatoms. The monoisotopic (exact) mass is 478 g/mol. The van der Waals surface area contributed by atoms with Gasteiger partial charge in [-0.3, -0.25) is 4.79 Å². The number of hydrogen-bond donors (Lipinski definition) is 7. The van der Waals surface area contributed by atoms with Gasteiger partial charge < -0.3 is 54.4 Å². The Bertz CT molecular complexity index is 1280. The number of aliphatic hydroxyl groups is 3. The third-order valence-electron chi connectivity index (χ3n) is 5.50. The Balaban J connectivity index is 1.97. The first-order valence-corrected chi connectivity index (χ1v) is 10.0. The molecule has 2 unspecified atom stereocenters. The normalized spacial score (nSPS) is 24.8. The Morgan fingerprint density at radius 1 is 0.912 bits per heavy atom. The van der Waals surface area contributed by atoms with Gasteiger partial charge in [-0.15, -0.1) is 0 Å². The van der Waals surface area contributed by atoms with Crippen LogP contribution in [0.4, 0.5) is 0 Å². The molecule has 2 heterocycles. The standard InChI is InChI=1S/C22H22O12/c1-7-15(26)18(29)19(30)22(32-7)34-21-17(28)14-12(31-2)5-9(23)6-13(14)33-20(21)8-3-10(24)16(27)11(25)4-8/h3-7,15,18-19,22-27,29-30H,1-2H3/t7?,15-,18?,19-,22-/m0/s1. The predicted octanol–water partition coefficient (Wildman–Crippen LogP) is 0.497. The molecular weight excluding hydrogens is 456 g/mol. The van der Waals surface area contributed by atoms with Crippen molar-refractivity contribution in [2.45, 2.75) is 37.6 Å². The van der Waals surface area contributed by atoms with Crippen molar-refractivity contribution in [3.05, 3.63) is 34.5 Å². The summed E-state index contributed by atoms with van der Waals surface area (Å²) < 4.78 is 22.0. The Hall–Kier alpha value is -3.71. The molecular formula is C22H22O12. The molecule has 2 aromatic carbocycles. The van der Waals surface area contributed by atoms with E-state index in [9.17, 15) is 40.5 Å². The number of methoxy groups -OCH3 is 1. The van der Waals surface area contributed by atoms with E-state index in [4.69, 9.17) is 18.6 Å². The van der Waals surface area contributed by atoms with Crippen molar-refractivity contribution in [3.63, 3.8) is 0 Å². The summed E-state index contributed by atoms with van der Waals surface area (Å²) in [7, 11) is 1.26. The van der Waals surface area contributed by atoms with E-state index in [1.807, 2.05) is 0 Å². The molecule has 7 N–H and O–H groups in total. The van der Waals surface area contributed by atoms with Crippen LogP contribution in [-0.4, -0.2) is 73.6 Å². The van der Waals surface area contributed by atoms with Gasteiger partial charge in [0.15, 0.2) is 23.0 Å². The van der Waals surface area contributed by atoms with Crippen LogP contribution in [0.2, 0.25) is 0 Å². The highest BCUT2D eigenvalue weighted by atomic mass is 16.7. The van der Waals surface area contributed by atoms with E-state index in [1.54, 1.807) is 0 Å². The van der Waals surface area contributed by atoms with Crippen molar-refractivity contribution < 1.29 is 54.4 Å². The topological polar surface area (TPSA) is 200 Å². The average molecular weight is 478 g/mol. The van der Waals surface area contributed by atoms with Gasteiger partial charge in [0.2, 0.25) is 17.5 Å². The number of phenolic OH excluding ortho intramolecular Hbond substituents is 4. The molecule has 34 heavy (non-hydrogen) atoms. The van der Waals surface area contributed by atoms with Gasteiger partial charge in [-0.25, -0.2) is 0 Å². The van der Waals surface area contributed by atoms with Gasteiger partial charge in [-0.05, 0) is 19.1 Å². The fraction of sp³-hybridized carbons (Fsp3) is 0.318. The zero-order valence-corrected chi connectivity index (χ0v) is 17.9. The van der Waals surface area contributed by atoms with Gasteiger partial charge in [0.1, 0.15) is 40.8 Å². The van der Waals surface area contributed by atoms with Gasteiger partial charge >= 0.3 is 0 Å². The van der Waals surface area contributed by atoms with Crippen LogP contribution in [0.5, 0.6) is 34.5 Å². The van der Waals surface area contributed by atoms with E-state index in [2.05, 4.69) is 0 Å². The van der Waals surface area contributed by atoms with Gasteiger partial charge in [-0.1, -0.05) is 0 Å². The van der Waals surface area contributed by atoms with Crippen molar-refractivity contribution in [1.82, 2.24) is 0 Å². The molecule has 1 aliphatic heterocycles. The second-order valence-corrected chi connectivity index (χ2v) is 7.77. The molecule has 0 spiro atoms. The summed E-state index contributed by atoms with van der Waals surface area (Å²) >= 11 is 0. The molecule has 0 radical (unpaired) electrons. The average Bonchev–Trinajstić information content (AvgIpc) is 2.79. The summed E-state index contributed by atoms with van der Waals surface area (Å²) in [5, 5.41) is 69.8. The zero-order chi connectivity index (χ0) is 24.9. The van der Waals surface area contributed by atoms with E-state index in [-0.39, 0.29) is 33.8 Å². The lowest BCUT2D eigenvalue weighted by molar-refractivity contribution is -0.268. The minimum absolute atomic E-state index is 0.0644. The van der Waals surface area contributed by atoms with Gasteiger partial charge in [-0.2, -0.15) is 0 Å². The highest BCUT2D eigenvalue weighted by molar-refractivity contribution is 5.89. The Morgan fingerprint density at radius 2 is 1.56 bits per heavy atom. The number of benzene rings is 2. The molecule has 1 fully saturated rings. The van der Waals surface area contributed by atoms with Gasteiger partial charge in [0, 0.05) is 17.7 Å². The number of aliphatic hydroxyl groups excluding tert-OH is 3. The van der Waals surface area contributed by atoms with Crippen LogP contribution in [0.3, 0.4) is 0 Å². The Labute approximate surface area is 191 Å². The Kier molecular flexibility index (Phi) is 5.91. The summed E-state index contributed by atoms with van der Waals surface area (Å²) in [6.45, 7) is 1.42. The predicted molar refractivity (Wildman–Crippen MR) is 114 cm³/mol. The number of hydrogen-bond acceptors (Lipinski definition) is 12. The van der Waals surface area contributed by atoms with Crippen molar-refractivity contribution >= 4 is 11.0 Å². The molecule has 12 nitrogen and oxygen atoms in total. The number of fused-ring (bicyclic) bond motifs is 1. The summed E-state index contributed by atoms with van der Waals surface area (Å²) in [6.07, 6.45) is -7.45. The molecule has 0 amide bonds. The van der Waals surface area contributed by atoms with E-state index >= 15 is 0 Å². The highest BCUT2D eigenvalue weighted by Crippen LogP contribution is 2.43. The highest BCUT2D eigenvalue weighted by Gasteiger charge is 2.44. The number of aromatic hydroxyl groups is 4. The van der Waals surface area contributed by atoms with E-state index < -0.39 is 59.1 Å². The minimum atomic E-state index is -1.77. The van der Waals surface area contributed by atoms with Crippen LogP contribution in [0.1, 0.15) is 6.92 Å². The van der Waals surface area contributed by atoms with Gasteiger partial charge in [0.25, 0.3) is 0 Å². The fourth-order valence-electron chi connectivity index (χ4n) is 3.67. The van der Waals surface area contributed by atoms with E-state index in [0.717, 1.165) is 24.3 Å². The first kappa shape index (κ1) is 23.4. The molecule has 0 aliphatic carbocycles. The van der Waals surface area contributed by atoms with Crippen LogP contribution >= 0.6 is 0 Å². The maximum absolute atomic E-state index is 13.5. The molecule has 1 aliphatic rings. The maximum Gasteiger partial charge on any atom is 0.239 e. The lowest BCUT2D eigenvalue weighted by Gasteiger charge is -2.38. The van der Waals surface area contributed by atoms with Gasteiger partial charge in [0.05, 0.1) is 13.2 Å². The molecule has 0 saturated carbocycles. The number of phenols is 4. The number of ether oxygens (including phenoxy) is 3. The summed E-state index contributed by atoms with van der Waals surface area (Å²) in [5.74, 6) is -3.59. The number of rotatable bonds is 4. The fourth-order valence-corrected chi connectivity index (χ4v) is 3.67. The molecule has 182 valence electrons. The quantitative estimate of drug-likeness (QED) is 0.257. The smallest absolute Gasteiger partial charge is 0.239 e. The van der Waals surface area contributed by atoms with Crippen LogP contribution in [0.15, 0.2) is 33.5 Å². The summed E-state index contributed by atoms with van der Waals surface area (Å²) in [5.41, 5.74) is -1.11. The summed E-state index contributed by atoms with van der Waals surface area (Å²) in [4.78, 5) is 13.5. The third-order valence-corrected chi connectivity index (χ3v) is 5.50. The second-order valence-electron chi connectivity index (χ2n) is 7.77. The van der Waals surface area contributed by atoms with E-state index in [0.29, 0.717) is 0 Å². The van der Waals surface area contributed by atoms with E-state index in [1.165, 1.54) is 14.0 Å². The van der Waals surface area contributed by atoms with Crippen molar-refractivity contribution in [2.24, 2.45) is 0 Å². The third kappa shape index (κ3) is 3.82. The lowest BCUT2D eigenvalue weighted by Crippen LogP contribution is -2.58. The van der Waals surface area contributed by atoms with Crippen molar-refractivity contribution in [1.29, 1.82) is 0 Å². The van der Waals surface area contributed by atoms with Crippen LogP contribution in [-0.2, 0) is 4.74 Å². The van der Waals surface area contributed by atoms with Crippen LogP contribution in [0, 0.1) is 0 Å². The Morgan fingerprint density at radius 3 is 2.18 bits per heavy atom. The summed E-state index contributed by atoms with van der Waals surface area (Å²) in [6, 6.07) is 4.24.